The molecule has 0 aromatic heterocycles. The van der Waals surface area contributed by atoms with E-state index in [1.807, 2.05) is 24.8 Å². The van der Waals surface area contributed by atoms with Crippen LogP contribution < -0.4 is 4.90 Å². The predicted octanol–water partition coefficient (Wildman–Crippen LogP) is 3.15. The highest BCUT2D eigenvalue weighted by molar-refractivity contribution is 6.32. The zero-order chi connectivity index (χ0) is 14.9. The molecule has 0 radical (unpaired) electrons. The van der Waals surface area contributed by atoms with Gasteiger partial charge >= 0.3 is 5.97 Å². The molecule has 1 aromatic rings. The maximum absolute atomic E-state index is 11.6. The average Bonchev–Trinajstić information content (AvgIpc) is 2.84. The van der Waals surface area contributed by atoms with Crippen molar-refractivity contribution >= 4 is 23.3 Å². The second-order valence-corrected chi connectivity index (χ2v) is 5.94. The van der Waals surface area contributed by atoms with E-state index < -0.39 is 11.4 Å². The van der Waals surface area contributed by atoms with Crippen LogP contribution in [0.15, 0.2) is 18.2 Å². The molecule has 1 heterocycles. The average molecular weight is 293 g/mol. The van der Waals surface area contributed by atoms with E-state index in [2.05, 4.69) is 6.07 Å². The molecular weight excluding hydrogens is 276 g/mol. The van der Waals surface area contributed by atoms with Gasteiger partial charge < -0.3 is 10.0 Å². The van der Waals surface area contributed by atoms with Crippen molar-refractivity contribution in [3.05, 3.63) is 28.8 Å². The fraction of sp³-hybridized carbons (Fsp3) is 0.467. The summed E-state index contributed by atoms with van der Waals surface area (Å²) >= 11 is 6.04. The lowest BCUT2D eigenvalue weighted by molar-refractivity contribution is -0.150. The van der Waals surface area contributed by atoms with E-state index in [4.69, 9.17) is 11.6 Å². The molecular formula is C15H17ClN2O2. The molecule has 1 unspecified atom stereocenters. The maximum Gasteiger partial charge on any atom is 0.311 e. The summed E-state index contributed by atoms with van der Waals surface area (Å²) in [5.74, 6) is -0.731. The van der Waals surface area contributed by atoms with E-state index in [1.165, 1.54) is 0 Å². The molecule has 1 N–H and O–H groups in total. The topological polar surface area (TPSA) is 64.3 Å². The number of hydrogen-bond acceptors (Lipinski definition) is 3. The number of anilines is 1. The van der Waals surface area contributed by atoms with Crippen LogP contribution in [0.5, 0.6) is 0 Å². The third-order valence-corrected chi connectivity index (χ3v) is 4.59. The lowest BCUT2D eigenvalue weighted by Crippen LogP contribution is -2.39. The van der Waals surface area contributed by atoms with Gasteiger partial charge in [0.25, 0.3) is 0 Å². The highest BCUT2D eigenvalue weighted by atomic mass is 35.5. The van der Waals surface area contributed by atoms with E-state index in [-0.39, 0.29) is 5.92 Å². The second-order valence-electron chi connectivity index (χ2n) is 5.53. The molecule has 1 saturated heterocycles. The zero-order valence-electron chi connectivity index (χ0n) is 11.6. The first-order chi connectivity index (χ1) is 9.42. The summed E-state index contributed by atoms with van der Waals surface area (Å²) in [4.78, 5) is 13.6. The van der Waals surface area contributed by atoms with Crippen LogP contribution in [0.4, 0.5) is 5.69 Å². The number of nitriles is 1. The van der Waals surface area contributed by atoms with Crippen molar-refractivity contribution in [1.82, 2.24) is 0 Å². The number of carboxylic acid groups (broad SMARTS) is 1. The van der Waals surface area contributed by atoms with Gasteiger partial charge in [-0.2, -0.15) is 5.26 Å². The Morgan fingerprint density at radius 3 is 2.75 bits per heavy atom. The van der Waals surface area contributed by atoms with Gasteiger partial charge in [-0.1, -0.05) is 31.5 Å². The number of rotatable bonds is 3. The Balaban J connectivity index is 2.37. The SMILES string of the molecule is CC(C)C1(C(=O)O)CCN(c2cccc(Cl)c2C#N)C1. The number of carbonyl (C=O) groups is 1. The Hall–Kier alpha value is -1.73. The number of aliphatic carboxylic acids is 1. The van der Waals surface area contributed by atoms with Crippen LogP contribution in [0.2, 0.25) is 5.02 Å². The Labute approximate surface area is 123 Å². The van der Waals surface area contributed by atoms with Crippen LogP contribution in [0.1, 0.15) is 25.8 Å². The molecule has 1 aliphatic rings. The summed E-state index contributed by atoms with van der Waals surface area (Å²) in [6.45, 7) is 4.90. The van der Waals surface area contributed by atoms with Crippen LogP contribution >= 0.6 is 11.6 Å². The minimum absolute atomic E-state index is 0.0368. The van der Waals surface area contributed by atoms with E-state index in [9.17, 15) is 15.2 Å². The molecule has 1 aliphatic heterocycles. The highest BCUT2D eigenvalue weighted by Crippen LogP contribution is 2.41. The summed E-state index contributed by atoms with van der Waals surface area (Å²) in [7, 11) is 0. The van der Waals surface area contributed by atoms with Crippen LogP contribution in [-0.4, -0.2) is 24.2 Å². The molecule has 0 bridgehead atoms. The normalized spacial score (nSPS) is 22.1. The van der Waals surface area contributed by atoms with Crippen molar-refractivity contribution in [2.75, 3.05) is 18.0 Å². The largest absolute Gasteiger partial charge is 0.481 e. The van der Waals surface area contributed by atoms with Gasteiger partial charge in [-0.3, -0.25) is 4.79 Å². The number of nitrogens with zero attached hydrogens (tertiary/aromatic N) is 2. The van der Waals surface area contributed by atoms with E-state index in [1.54, 1.807) is 12.1 Å². The monoisotopic (exact) mass is 292 g/mol. The van der Waals surface area contributed by atoms with E-state index in [0.717, 1.165) is 5.69 Å². The van der Waals surface area contributed by atoms with Crippen LogP contribution in [0.3, 0.4) is 0 Å². The van der Waals surface area contributed by atoms with Crippen molar-refractivity contribution in [3.8, 4) is 6.07 Å². The van der Waals surface area contributed by atoms with Crippen molar-refractivity contribution in [2.45, 2.75) is 20.3 Å². The summed E-state index contributed by atoms with van der Waals surface area (Å²) in [6.07, 6.45) is 0.581. The Kier molecular flexibility index (Phi) is 3.92. The molecule has 106 valence electrons. The minimum Gasteiger partial charge on any atom is -0.481 e. The number of benzene rings is 1. The van der Waals surface area contributed by atoms with Gasteiger partial charge in [0.05, 0.1) is 21.7 Å². The molecule has 1 aromatic carbocycles. The van der Waals surface area contributed by atoms with Gasteiger partial charge in [0.15, 0.2) is 0 Å². The van der Waals surface area contributed by atoms with Crippen molar-refractivity contribution in [2.24, 2.45) is 11.3 Å². The van der Waals surface area contributed by atoms with Crippen LogP contribution in [0, 0.1) is 22.7 Å². The van der Waals surface area contributed by atoms with Gasteiger partial charge in [0.1, 0.15) is 6.07 Å². The van der Waals surface area contributed by atoms with Crippen LogP contribution in [-0.2, 0) is 4.79 Å². The summed E-state index contributed by atoms with van der Waals surface area (Å²) in [5.41, 5.74) is 0.387. The van der Waals surface area contributed by atoms with Crippen molar-refractivity contribution in [3.63, 3.8) is 0 Å². The lowest BCUT2D eigenvalue weighted by atomic mass is 9.76. The number of carboxylic acids is 1. The van der Waals surface area contributed by atoms with Gasteiger partial charge in [-0.25, -0.2) is 0 Å². The molecule has 0 aliphatic carbocycles. The Morgan fingerprint density at radius 1 is 1.55 bits per heavy atom. The molecule has 0 saturated carbocycles. The predicted molar refractivity (Wildman–Crippen MR) is 77.9 cm³/mol. The lowest BCUT2D eigenvalue weighted by Gasteiger charge is -2.29. The molecule has 5 heteroatoms. The first-order valence-corrected chi connectivity index (χ1v) is 6.97. The molecule has 0 amide bonds. The van der Waals surface area contributed by atoms with E-state index >= 15 is 0 Å². The van der Waals surface area contributed by atoms with Gasteiger partial charge in [-0.05, 0) is 24.5 Å². The first-order valence-electron chi connectivity index (χ1n) is 6.59. The highest BCUT2D eigenvalue weighted by Gasteiger charge is 2.47. The molecule has 4 nitrogen and oxygen atoms in total. The molecule has 1 atom stereocenters. The number of hydrogen-bond donors (Lipinski definition) is 1. The zero-order valence-corrected chi connectivity index (χ0v) is 12.3. The van der Waals surface area contributed by atoms with Crippen molar-refractivity contribution < 1.29 is 9.90 Å². The summed E-state index contributed by atoms with van der Waals surface area (Å²) in [6, 6.07) is 7.39. The second kappa shape index (κ2) is 5.34. The van der Waals surface area contributed by atoms with Gasteiger partial charge in [-0.15, -0.1) is 0 Å². The summed E-state index contributed by atoms with van der Waals surface area (Å²) < 4.78 is 0. The standard InChI is InChI=1S/C15H17ClN2O2/c1-10(2)15(14(19)20)6-7-18(9-15)13-5-3-4-12(16)11(13)8-17/h3-5,10H,6-7,9H2,1-2H3,(H,19,20). The maximum atomic E-state index is 11.6. The summed E-state index contributed by atoms with van der Waals surface area (Å²) in [5, 5.41) is 19.2. The molecule has 2 rings (SSSR count). The Morgan fingerprint density at radius 2 is 2.25 bits per heavy atom. The molecule has 0 spiro atoms. The number of halogens is 1. The molecule has 1 fully saturated rings. The smallest absolute Gasteiger partial charge is 0.311 e. The minimum atomic E-state index is -0.768. The quantitative estimate of drug-likeness (QED) is 0.929. The third-order valence-electron chi connectivity index (χ3n) is 4.28. The van der Waals surface area contributed by atoms with Gasteiger partial charge in [0, 0.05) is 13.1 Å². The fourth-order valence-electron chi connectivity index (χ4n) is 2.82. The third kappa shape index (κ3) is 2.23. The van der Waals surface area contributed by atoms with Crippen LogP contribution in [0.25, 0.3) is 0 Å². The molecule has 20 heavy (non-hydrogen) atoms. The van der Waals surface area contributed by atoms with Crippen molar-refractivity contribution in [1.29, 1.82) is 5.26 Å². The van der Waals surface area contributed by atoms with Gasteiger partial charge in [0.2, 0.25) is 0 Å². The van der Waals surface area contributed by atoms with E-state index in [0.29, 0.717) is 30.1 Å². The fourth-order valence-corrected chi connectivity index (χ4v) is 3.03. The first kappa shape index (κ1) is 14.7. The Bertz CT molecular complexity index is 580.